The zero-order valence-electron chi connectivity index (χ0n) is 10.8. The van der Waals surface area contributed by atoms with Crippen molar-refractivity contribution in [2.24, 2.45) is 5.84 Å². The Morgan fingerprint density at radius 3 is 2.75 bits per heavy atom. The van der Waals surface area contributed by atoms with E-state index in [1.54, 1.807) is 6.07 Å². The fraction of sp³-hybridized carbons (Fsp3) is 0.538. The lowest BCUT2D eigenvalue weighted by Crippen LogP contribution is -2.46. The number of rotatable bonds is 4. The van der Waals surface area contributed by atoms with Crippen molar-refractivity contribution in [3.63, 3.8) is 0 Å². The van der Waals surface area contributed by atoms with Gasteiger partial charge in [0.15, 0.2) is 0 Å². The number of hydrazine groups is 1. The number of hydrogen-bond acceptors (Lipinski definition) is 4. The first kappa shape index (κ1) is 16.0. The lowest BCUT2D eigenvalue weighted by molar-refractivity contribution is -0.137. The van der Waals surface area contributed by atoms with Gasteiger partial charge in [-0.2, -0.15) is 36.7 Å². The third-order valence-electron chi connectivity index (χ3n) is 3.21. The van der Waals surface area contributed by atoms with Gasteiger partial charge in [-0.15, -0.1) is 0 Å². The van der Waals surface area contributed by atoms with Gasteiger partial charge < -0.3 is 0 Å². The molecule has 0 spiro atoms. The molecule has 0 aliphatic carbocycles. The third kappa shape index (κ3) is 4.31. The van der Waals surface area contributed by atoms with Crippen LogP contribution in [-0.4, -0.2) is 28.6 Å². The Morgan fingerprint density at radius 1 is 1.35 bits per heavy atom. The lowest BCUT2D eigenvalue weighted by atomic mass is 10.0. The molecule has 2 rings (SSSR count). The Labute approximate surface area is 125 Å². The summed E-state index contributed by atoms with van der Waals surface area (Å²) >= 11 is 3.71. The highest BCUT2D eigenvalue weighted by atomic mass is 32.2. The van der Waals surface area contributed by atoms with Crippen LogP contribution >= 0.6 is 23.5 Å². The Balaban J connectivity index is 2.07. The zero-order valence-corrected chi connectivity index (χ0v) is 12.5. The number of benzene rings is 1. The van der Waals surface area contributed by atoms with Gasteiger partial charge in [0, 0.05) is 28.6 Å². The van der Waals surface area contributed by atoms with Crippen molar-refractivity contribution in [2.75, 3.05) is 17.3 Å². The van der Waals surface area contributed by atoms with E-state index in [2.05, 4.69) is 5.43 Å². The predicted octanol–water partition coefficient (Wildman–Crippen LogP) is 2.93. The average molecular weight is 322 g/mol. The Bertz CT molecular complexity index is 434. The summed E-state index contributed by atoms with van der Waals surface area (Å²) in [7, 11) is 0. The molecule has 2 atom stereocenters. The van der Waals surface area contributed by atoms with Crippen LogP contribution < -0.4 is 11.3 Å². The van der Waals surface area contributed by atoms with Crippen molar-refractivity contribution in [3.05, 3.63) is 35.4 Å². The van der Waals surface area contributed by atoms with Crippen LogP contribution in [0.25, 0.3) is 0 Å². The van der Waals surface area contributed by atoms with Gasteiger partial charge in [0.2, 0.25) is 0 Å². The van der Waals surface area contributed by atoms with Crippen molar-refractivity contribution in [2.45, 2.75) is 23.9 Å². The molecule has 2 nitrogen and oxygen atoms in total. The maximum Gasteiger partial charge on any atom is 0.416 e. The van der Waals surface area contributed by atoms with Crippen LogP contribution in [0, 0.1) is 0 Å². The van der Waals surface area contributed by atoms with E-state index in [9.17, 15) is 13.2 Å². The van der Waals surface area contributed by atoms with E-state index in [4.69, 9.17) is 5.84 Å². The normalized spacial score (nSPS) is 21.7. The van der Waals surface area contributed by atoms with E-state index in [1.165, 1.54) is 12.1 Å². The molecular weight excluding hydrogens is 305 g/mol. The van der Waals surface area contributed by atoms with Crippen LogP contribution in [0.4, 0.5) is 13.2 Å². The Kier molecular flexibility index (Phi) is 5.65. The standard InChI is InChI=1S/C13H17F3N2S2/c14-13(15,16)10-3-1-2-9(6-10)7-11(18-17)12-8-19-4-5-20-12/h1-3,6,11-12,18H,4-5,7-8,17H2. The SMILES string of the molecule is NNC(Cc1cccc(C(F)(F)F)c1)C1CSCCS1. The summed E-state index contributed by atoms with van der Waals surface area (Å²) in [5.41, 5.74) is 2.83. The second kappa shape index (κ2) is 7.06. The summed E-state index contributed by atoms with van der Waals surface area (Å²) < 4.78 is 38.1. The van der Waals surface area contributed by atoms with E-state index >= 15 is 0 Å². The van der Waals surface area contributed by atoms with E-state index in [-0.39, 0.29) is 6.04 Å². The second-order valence-electron chi connectivity index (χ2n) is 4.66. The number of halogens is 3. The molecule has 3 N–H and O–H groups in total. The Hall–Kier alpha value is -0.370. The fourth-order valence-corrected chi connectivity index (χ4v) is 5.04. The number of nitrogens with one attached hydrogen (secondary N) is 1. The molecule has 1 aliphatic rings. The van der Waals surface area contributed by atoms with Crippen LogP contribution in [0.5, 0.6) is 0 Å². The number of alkyl halides is 3. The van der Waals surface area contributed by atoms with Crippen molar-refractivity contribution in [1.29, 1.82) is 0 Å². The molecule has 2 unspecified atom stereocenters. The summed E-state index contributed by atoms with van der Waals surface area (Å²) in [4.78, 5) is 0. The van der Waals surface area contributed by atoms with Gasteiger partial charge in [-0.1, -0.05) is 18.2 Å². The maximum atomic E-state index is 12.7. The highest BCUT2D eigenvalue weighted by Gasteiger charge is 2.31. The van der Waals surface area contributed by atoms with Crippen LogP contribution in [0.15, 0.2) is 24.3 Å². The maximum absolute atomic E-state index is 12.7. The molecule has 1 aromatic carbocycles. The first-order valence-electron chi connectivity index (χ1n) is 6.32. The van der Waals surface area contributed by atoms with Gasteiger partial charge >= 0.3 is 6.18 Å². The molecule has 1 saturated heterocycles. The largest absolute Gasteiger partial charge is 0.416 e. The molecule has 0 radical (unpaired) electrons. The molecule has 20 heavy (non-hydrogen) atoms. The molecule has 1 aliphatic heterocycles. The van der Waals surface area contributed by atoms with E-state index in [1.807, 2.05) is 23.5 Å². The highest BCUT2D eigenvalue weighted by Crippen LogP contribution is 2.31. The van der Waals surface area contributed by atoms with Crippen molar-refractivity contribution in [3.8, 4) is 0 Å². The molecule has 0 aromatic heterocycles. The zero-order chi connectivity index (χ0) is 14.6. The number of nitrogens with two attached hydrogens (primary N) is 1. The minimum absolute atomic E-state index is 0.00344. The summed E-state index contributed by atoms with van der Waals surface area (Å²) in [6.45, 7) is 0. The fourth-order valence-electron chi connectivity index (χ4n) is 2.16. The molecule has 112 valence electrons. The minimum Gasteiger partial charge on any atom is -0.271 e. The minimum atomic E-state index is -4.29. The smallest absolute Gasteiger partial charge is 0.271 e. The molecule has 1 fully saturated rings. The summed E-state index contributed by atoms with van der Waals surface area (Å²) in [5.74, 6) is 8.76. The lowest BCUT2D eigenvalue weighted by Gasteiger charge is -2.29. The molecule has 1 aromatic rings. The third-order valence-corrected chi connectivity index (χ3v) is 6.13. The van der Waals surface area contributed by atoms with Crippen LogP contribution in [0.3, 0.4) is 0 Å². The van der Waals surface area contributed by atoms with E-state index in [0.717, 1.165) is 23.3 Å². The van der Waals surface area contributed by atoms with Crippen LogP contribution in [-0.2, 0) is 12.6 Å². The summed E-state index contributed by atoms with van der Waals surface area (Å²) in [6, 6.07) is 5.48. The van der Waals surface area contributed by atoms with Crippen molar-refractivity contribution < 1.29 is 13.2 Å². The van der Waals surface area contributed by atoms with Crippen molar-refractivity contribution in [1.82, 2.24) is 5.43 Å². The molecule has 0 saturated carbocycles. The van der Waals surface area contributed by atoms with Gasteiger partial charge in [-0.05, 0) is 18.1 Å². The van der Waals surface area contributed by atoms with E-state index in [0.29, 0.717) is 17.2 Å². The first-order valence-corrected chi connectivity index (χ1v) is 8.52. The predicted molar refractivity (Wildman–Crippen MR) is 79.8 cm³/mol. The first-order chi connectivity index (χ1) is 9.50. The number of hydrogen-bond donors (Lipinski definition) is 2. The molecular formula is C13H17F3N2S2. The topological polar surface area (TPSA) is 38.0 Å². The summed E-state index contributed by atoms with van der Waals surface area (Å²) in [5, 5.41) is 0.341. The van der Waals surface area contributed by atoms with Gasteiger partial charge in [0.05, 0.1) is 5.56 Å². The van der Waals surface area contributed by atoms with Crippen LogP contribution in [0.1, 0.15) is 11.1 Å². The van der Waals surface area contributed by atoms with Crippen LogP contribution in [0.2, 0.25) is 0 Å². The monoisotopic (exact) mass is 322 g/mol. The average Bonchev–Trinajstić information content (AvgIpc) is 2.45. The number of thioether (sulfide) groups is 2. The molecule has 7 heteroatoms. The quantitative estimate of drug-likeness (QED) is 0.660. The second-order valence-corrected chi connectivity index (χ2v) is 7.16. The van der Waals surface area contributed by atoms with Gasteiger partial charge in [-0.3, -0.25) is 11.3 Å². The van der Waals surface area contributed by atoms with Gasteiger partial charge in [0.25, 0.3) is 0 Å². The molecule has 1 heterocycles. The van der Waals surface area contributed by atoms with E-state index < -0.39 is 11.7 Å². The van der Waals surface area contributed by atoms with Gasteiger partial charge in [-0.25, -0.2) is 0 Å². The highest BCUT2D eigenvalue weighted by molar-refractivity contribution is 8.06. The molecule has 0 amide bonds. The summed E-state index contributed by atoms with van der Waals surface area (Å²) in [6.07, 6.45) is -3.78. The Morgan fingerprint density at radius 2 is 2.15 bits per heavy atom. The molecule has 0 bridgehead atoms. The van der Waals surface area contributed by atoms with Gasteiger partial charge in [0.1, 0.15) is 0 Å². The van der Waals surface area contributed by atoms with Crippen molar-refractivity contribution >= 4 is 23.5 Å².